The lowest BCUT2D eigenvalue weighted by Gasteiger charge is -2.39. The zero-order valence-corrected chi connectivity index (χ0v) is 14.3. The number of aromatic nitrogens is 2. The summed E-state index contributed by atoms with van der Waals surface area (Å²) in [7, 11) is 0. The number of hydrogen-bond donors (Lipinski definition) is 0. The van der Waals surface area contributed by atoms with Crippen molar-refractivity contribution in [1.29, 1.82) is 0 Å². The first kappa shape index (κ1) is 14.8. The predicted molar refractivity (Wildman–Crippen MR) is 89.2 cm³/mol. The smallest absolute Gasteiger partial charge is 0.111 e. The van der Waals surface area contributed by atoms with Gasteiger partial charge in [0.2, 0.25) is 0 Å². The molecule has 0 aliphatic carbocycles. The quantitative estimate of drug-likeness (QED) is 0.817. The first-order valence-corrected chi connectivity index (χ1v) is 8.39. The van der Waals surface area contributed by atoms with E-state index in [-0.39, 0.29) is 0 Å². The largest absolute Gasteiger partial charge is 0.334 e. The Hall–Kier alpha value is -1.13. The Bertz CT molecular complexity index is 600. The summed E-state index contributed by atoms with van der Waals surface area (Å²) < 4.78 is 3.49. The average molecular weight is 348 g/mol. The van der Waals surface area contributed by atoms with Crippen LogP contribution >= 0.6 is 15.9 Å². The molecule has 1 aliphatic heterocycles. The molecule has 1 saturated heterocycles. The number of benzene rings is 1. The van der Waals surface area contributed by atoms with Crippen molar-refractivity contribution in [2.75, 3.05) is 13.1 Å². The molecule has 4 heteroatoms. The van der Waals surface area contributed by atoms with Crippen LogP contribution in [0.3, 0.4) is 0 Å². The molecule has 0 spiro atoms. The van der Waals surface area contributed by atoms with Crippen molar-refractivity contribution in [3.8, 4) is 0 Å². The van der Waals surface area contributed by atoms with Crippen LogP contribution in [-0.2, 0) is 13.1 Å². The zero-order valence-electron chi connectivity index (χ0n) is 12.7. The van der Waals surface area contributed by atoms with Crippen LogP contribution in [-0.4, -0.2) is 27.5 Å². The molecule has 0 unspecified atom stereocenters. The zero-order chi connectivity index (χ0) is 14.8. The molecule has 21 heavy (non-hydrogen) atoms. The predicted octanol–water partition coefficient (Wildman–Crippen LogP) is 3.90. The van der Waals surface area contributed by atoms with E-state index < -0.39 is 0 Å². The van der Waals surface area contributed by atoms with Crippen LogP contribution in [0.25, 0.3) is 0 Å². The normalized spacial score (nSPS) is 16.4. The summed E-state index contributed by atoms with van der Waals surface area (Å²) in [6.45, 7) is 8.93. The van der Waals surface area contributed by atoms with Gasteiger partial charge in [-0.15, -0.1) is 0 Å². The maximum absolute atomic E-state index is 4.47. The number of halogens is 1. The Morgan fingerprint density at radius 1 is 1.33 bits per heavy atom. The van der Waals surface area contributed by atoms with Gasteiger partial charge in [0.25, 0.3) is 0 Å². The third kappa shape index (κ3) is 3.55. The maximum Gasteiger partial charge on any atom is 0.111 e. The third-order valence-corrected chi connectivity index (χ3v) is 4.54. The van der Waals surface area contributed by atoms with Crippen LogP contribution in [0.2, 0.25) is 0 Å². The second kappa shape index (κ2) is 6.32. The number of rotatable bonds is 5. The topological polar surface area (TPSA) is 21.1 Å². The molecule has 0 saturated carbocycles. The molecule has 1 fully saturated rings. The fraction of sp³-hybridized carbons (Fsp3) is 0.471. The van der Waals surface area contributed by atoms with Crippen LogP contribution < -0.4 is 0 Å². The van der Waals surface area contributed by atoms with Crippen LogP contribution in [0, 0.1) is 5.92 Å². The lowest BCUT2D eigenvalue weighted by Crippen LogP contribution is -2.47. The summed E-state index contributed by atoms with van der Waals surface area (Å²) in [4.78, 5) is 6.98. The molecule has 112 valence electrons. The summed E-state index contributed by atoms with van der Waals surface area (Å²) in [5.74, 6) is 2.46. The fourth-order valence-corrected chi connectivity index (χ4v) is 3.52. The number of likely N-dealkylation sites (tertiary alicyclic amines) is 1. The average Bonchev–Trinajstić information content (AvgIpc) is 2.84. The molecule has 2 aromatic rings. The van der Waals surface area contributed by atoms with Gasteiger partial charge in [-0.1, -0.05) is 41.9 Å². The highest BCUT2D eigenvalue weighted by Crippen LogP contribution is 2.23. The minimum atomic E-state index is 0.498. The van der Waals surface area contributed by atoms with Crippen molar-refractivity contribution in [3.63, 3.8) is 0 Å². The summed E-state index contributed by atoms with van der Waals surface area (Å²) in [5.41, 5.74) is 1.38. The van der Waals surface area contributed by atoms with Crippen molar-refractivity contribution >= 4 is 15.9 Å². The van der Waals surface area contributed by atoms with Crippen molar-refractivity contribution in [3.05, 3.63) is 52.5 Å². The van der Waals surface area contributed by atoms with E-state index >= 15 is 0 Å². The SMILES string of the molecule is CC(C)c1nccn1CC1CN(Cc2cccc(Br)c2)C1. The molecule has 1 aliphatic rings. The highest BCUT2D eigenvalue weighted by molar-refractivity contribution is 9.10. The number of hydrogen-bond acceptors (Lipinski definition) is 2. The Labute approximate surface area is 135 Å². The summed E-state index contributed by atoms with van der Waals surface area (Å²) in [5, 5.41) is 0. The number of imidazole rings is 1. The van der Waals surface area contributed by atoms with Crippen molar-refractivity contribution < 1.29 is 0 Å². The first-order valence-electron chi connectivity index (χ1n) is 7.59. The Balaban J connectivity index is 1.51. The van der Waals surface area contributed by atoms with E-state index in [0.29, 0.717) is 5.92 Å². The third-order valence-electron chi connectivity index (χ3n) is 4.05. The minimum absolute atomic E-state index is 0.498. The summed E-state index contributed by atoms with van der Waals surface area (Å²) >= 11 is 3.54. The Morgan fingerprint density at radius 2 is 2.14 bits per heavy atom. The van der Waals surface area contributed by atoms with Crippen LogP contribution in [0.4, 0.5) is 0 Å². The molecule has 0 N–H and O–H groups in total. The fourth-order valence-electron chi connectivity index (χ4n) is 3.07. The van der Waals surface area contributed by atoms with Gasteiger partial charge in [0.05, 0.1) is 0 Å². The van der Waals surface area contributed by atoms with E-state index in [4.69, 9.17) is 0 Å². The second-order valence-electron chi connectivity index (χ2n) is 6.28. The van der Waals surface area contributed by atoms with E-state index in [0.717, 1.165) is 23.5 Å². The molecule has 1 aromatic carbocycles. The standard InChI is InChI=1S/C17H22BrN3/c1-13(2)17-19-6-7-21(17)12-15-10-20(11-15)9-14-4-3-5-16(18)8-14/h3-8,13,15H,9-12H2,1-2H3. The molecule has 2 heterocycles. The monoisotopic (exact) mass is 347 g/mol. The molecular formula is C17H22BrN3. The molecule has 3 nitrogen and oxygen atoms in total. The lowest BCUT2D eigenvalue weighted by atomic mass is 9.99. The molecule has 0 atom stereocenters. The molecule has 0 bridgehead atoms. The van der Waals surface area contributed by atoms with E-state index in [1.165, 1.54) is 24.5 Å². The minimum Gasteiger partial charge on any atom is -0.334 e. The van der Waals surface area contributed by atoms with Crippen LogP contribution in [0.1, 0.15) is 31.2 Å². The highest BCUT2D eigenvalue weighted by Gasteiger charge is 2.27. The molecule has 0 radical (unpaired) electrons. The van der Waals surface area contributed by atoms with Gasteiger partial charge in [-0.05, 0) is 17.7 Å². The Kier molecular flexibility index (Phi) is 4.45. The second-order valence-corrected chi connectivity index (χ2v) is 7.20. The van der Waals surface area contributed by atoms with Gasteiger partial charge in [-0.2, -0.15) is 0 Å². The van der Waals surface area contributed by atoms with E-state index in [1.807, 2.05) is 6.20 Å². The van der Waals surface area contributed by atoms with Gasteiger partial charge in [0.15, 0.2) is 0 Å². The van der Waals surface area contributed by atoms with E-state index in [1.54, 1.807) is 0 Å². The maximum atomic E-state index is 4.47. The van der Waals surface area contributed by atoms with Gasteiger partial charge >= 0.3 is 0 Å². The lowest BCUT2D eigenvalue weighted by molar-refractivity contribution is 0.0796. The number of nitrogens with zero attached hydrogens (tertiary/aromatic N) is 3. The Morgan fingerprint density at radius 3 is 2.86 bits per heavy atom. The van der Waals surface area contributed by atoms with Crippen molar-refractivity contribution in [1.82, 2.24) is 14.5 Å². The van der Waals surface area contributed by atoms with Crippen molar-refractivity contribution in [2.45, 2.75) is 32.9 Å². The molecule has 3 rings (SSSR count). The van der Waals surface area contributed by atoms with Gasteiger partial charge in [0.1, 0.15) is 5.82 Å². The summed E-state index contributed by atoms with van der Waals surface area (Å²) in [6.07, 6.45) is 4.04. The van der Waals surface area contributed by atoms with Gasteiger partial charge in [-0.25, -0.2) is 4.98 Å². The first-order chi connectivity index (χ1) is 10.1. The molecule has 0 amide bonds. The van der Waals surface area contributed by atoms with Gasteiger partial charge in [0, 0.05) is 54.9 Å². The van der Waals surface area contributed by atoms with E-state index in [9.17, 15) is 0 Å². The van der Waals surface area contributed by atoms with Crippen LogP contribution in [0.15, 0.2) is 41.1 Å². The summed E-state index contributed by atoms with van der Waals surface area (Å²) in [6, 6.07) is 8.59. The molecular weight excluding hydrogens is 326 g/mol. The van der Waals surface area contributed by atoms with Gasteiger partial charge in [-0.3, -0.25) is 4.90 Å². The molecule has 1 aromatic heterocycles. The van der Waals surface area contributed by atoms with E-state index in [2.05, 4.69) is 74.7 Å². The van der Waals surface area contributed by atoms with Gasteiger partial charge < -0.3 is 4.57 Å². The highest BCUT2D eigenvalue weighted by atomic mass is 79.9. The van der Waals surface area contributed by atoms with Crippen LogP contribution in [0.5, 0.6) is 0 Å². The van der Waals surface area contributed by atoms with Crippen molar-refractivity contribution in [2.24, 2.45) is 5.92 Å².